The van der Waals surface area contributed by atoms with Gasteiger partial charge < -0.3 is 10.5 Å². The van der Waals surface area contributed by atoms with Crippen molar-refractivity contribution in [2.75, 3.05) is 18.3 Å². The zero-order valence-electron chi connectivity index (χ0n) is 9.55. The Hall–Kier alpha value is -2.15. The van der Waals surface area contributed by atoms with Crippen LogP contribution in [-0.2, 0) is 0 Å². The van der Waals surface area contributed by atoms with Crippen molar-refractivity contribution in [1.82, 2.24) is 4.98 Å². The van der Waals surface area contributed by atoms with E-state index >= 15 is 0 Å². The number of thiazole rings is 1. The zero-order chi connectivity index (χ0) is 13.0. The number of hydrogen-bond donors (Lipinski definition) is 2. The summed E-state index contributed by atoms with van der Waals surface area (Å²) < 4.78 is 18.2. The molecule has 2 rings (SSSR count). The molecule has 1 aromatic carbocycles. The highest BCUT2D eigenvalue weighted by molar-refractivity contribution is 7.14. The number of aromatic nitrogens is 1. The summed E-state index contributed by atoms with van der Waals surface area (Å²) in [7, 11) is 1.51. The van der Waals surface area contributed by atoms with Gasteiger partial charge in [0.2, 0.25) is 5.13 Å². The maximum atomic E-state index is 13.1. The van der Waals surface area contributed by atoms with E-state index < -0.39 is 0 Å². The van der Waals surface area contributed by atoms with Gasteiger partial charge in [-0.05, 0) is 18.2 Å². The number of anilines is 2. The molecule has 0 saturated heterocycles. The number of nitrogens with two attached hydrogens (primary N) is 1. The lowest BCUT2D eigenvalue weighted by molar-refractivity contribution is 0.413. The maximum Gasteiger partial charge on any atom is 0.205 e. The molecule has 3 N–H and O–H groups in total. The van der Waals surface area contributed by atoms with Crippen molar-refractivity contribution in [3.05, 3.63) is 35.0 Å². The van der Waals surface area contributed by atoms with Crippen LogP contribution in [0, 0.1) is 5.82 Å². The van der Waals surface area contributed by atoms with Crippen LogP contribution in [0.2, 0.25) is 0 Å². The van der Waals surface area contributed by atoms with Gasteiger partial charge in [-0.25, -0.2) is 9.37 Å². The first-order chi connectivity index (χ1) is 8.69. The van der Waals surface area contributed by atoms with Gasteiger partial charge in [-0.3, -0.25) is 5.43 Å². The molecule has 5 nitrogen and oxygen atoms in total. The van der Waals surface area contributed by atoms with Crippen molar-refractivity contribution in [3.63, 3.8) is 0 Å². The van der Waals surface area contributed by atoms with Crippen molar-refractivity contribution >= 4 is 28.5 Å². The maximum absolute atomic E-state index is 13.1. The van der Waals surface area contributed by atoms with Crippen LogP contribution in [0.25, 0.3) is 0 Å². The van der Waals surface area contributed by atoms with Crippen molar-refractivity contribution in [2.24, 2.45) is 5.10 Å². The van der Waals surface area contributed by atoms with E-state index in [1.165, 1.54) is 42.9 Å². The summed E-state index contributed by atoms with van der Waals surface area (Å²) in [6.07, 6.45) is 1.46. The van der Waals surface area contributed by atoms with Crippen molar-refractivity contribution < 1.29 is 9.13 Å². The Morgan fingerprint density at radius 2 is 2.39 bits per heavy atom. The molecule has 1 heterocycles. The van der Waals surface area contributed by atoms with Gasteiger partial charge in [0.05, 0.1) is 13.3 Å². The SMILES string of the molecule is COc1ccc(F)cc1C=NNc1nc(N)cs1. The largest absolute Gasteiger partial charge is 0.496 e. The number of nitrogen functional groups attached to an aromatic ring is 1. The van der Waals surface area contributed by atoms with Gasteiger partial charge in [-0.1, -0.05) is 0 Å². The molecular formula is C11H11FN4OS. The van der Waals surface area contributed by atoms with E-state index in [1.807, 2.05) is 0 Å². The number of nitrogens with zero attached hydrogens (tertiary/aromatic N) is 2. The van der Waals surface area contributed by atoms with E-state index in [-0.39, 0.29) is 5.82 Å². The number of hydrazone groups is 1. The average molecular weight is 266 g/mol. The first kappa shape index (κ1) is 12.3. The molecule has 0 atom stereocenters. The molecule has 0 amide bonds. The minimum Gasteiger partial charge on any atom is -0.496 e. The summed E-state index contributed by atoms with van der Waals surface area (Å²) in [5.74, 6) is 0.623. The summed E-state index contributed by atoms with van der Waals surface area (Å²) in [6.45, 7) is 0. The number of benzene rings is 1. The van der Waals surface area contributed by atoms with E-state index in [4.69, 9.17) is 10.5 Å². The molecular weight excluding hydrogens is 255 g/mol. The third-order valence-corrected chi connectivity index (χ3v) is 2.84. The predicted molar refractivity (Wildman–Crippen MR) is 70.7 cm³/mol. The predicted octanol–water partition coefficient (Wildman–Crippen LogP) is 2.32. The van der Waals surface area contributed by atoms with Gasteiger partial charge in [-0.15, -0.1) is 11.3 Å². The summed E-state index contributed by atoms with van der Waals surface area (Å²) in [5, 5.41) is 6.21. The van der Waals surface area contributed by atoms with Crippen LogP contribution in [0.5, 0.6) is 5.75 Å². The van der Waals surface area contributed by atoms with Gasteiger partial charge in [0, 0.05) is 10.9 Å². The minimum atomic E-state index is -0.351. The molecule has 1 aromatic heterocycles. The van der Waals surface area contributed by atoms with E-state index in [1.54, 1.807) is 5.38 Å². The fourth-order valence-corrected chi connectivity index (χ4v) is 1.85. The summed E-state index contributed by atoms with van der Waals surface area (Å²) in [6, 6.07) is 4.20. The Bertz CT molecular complexity index is 570. The standard InChI is InChI=1S/C11H11FN4OS/c1-17-9-3-2-8(12)4-7(9)5-14-16-11-15-10(13)6-18-11/h2-6H,13H2,1H3,(H,15,16). The highest BCUT2D eigenvalue weighted by atomic mass is 32.1. The second kappa shape index (κ2) is 5.46. The van der Waals surface area contributed by atoms with E-state index in [9.17, 15) is 4.39 Å². The topological polar surface area (TPSA) is 72.5 Å². The van der Waals surface area contributed by atoms with E-state index in [0.717, 1.165) is 0 Å². The van der Waals surface area contributed by atoms with Crippen LogP contribution in [0.4, 0.5) is 15.3 Å². The first-order valence-corrected chi connectivity index (χ1v) is 5.90. The zero-order valence-corrected chi connectivity index (χ0v) is 10.4. The number of hydrogen-bond acceptors (Lipinski definition) is 6. The number of nitrogens with one attached hydrogen (secondary N) is 1. The summed E-state index contributed by atoms with van der Waals surface area (Å²) in [4.78, 5) is 3.97. The second-order valence-electron chi connectivity index (χ2n) is 3.33. The van der Waals surface area contributed by atoms with E-state index in [2.05, 4.69) is 15.5 Å². The molecule has 94 valence electrons. The van der Waals surface area contributed by atoms with Crippen LogP contribution in [0.1, 0.15) is 5.56 Å². The molecule has 2 aromatic rings. The average Bonchev–Trinajstić information content (AvgIpc) is 2.75. The lowest BCUT2D eigenvalue weighted by Crippen LogP contribution is -1.95. The van der Waals surface area contributed by atoms with Gasteiger partial charge in [0.1, 0.15) is 17.4 Å². The first-order valence-electron chi connectivity index (χ1n) is 5.02. The number of rotatable bonds is 4. The van der Waals surface area contributed by atoms with Gasteiger partial charge >= 0.3 is 0 Å². The molecule has 0 saturated carbocycles. The van der Waals surface area contributed by atoms with Crippen LogP contribution in [0.15, 0.2) is 28.7 Å². The Labute approximate surface area is 107 Å². The quantitative estimate of drug-likeness (QED) is 0.658. The lowest BCUT2D eigenvalue weighted by atomic mass is 10.2. The second-order valence-corrected chi connectivity index (χ2v) is 4.19. The molecule has 0 radical (unpaired) electrons. The third-order valence-electron chi connectivity index (χ3n) is 2.08. The highest BCUT2D eigenvalue weighted by Gasteiger charge is 2.02. The molecule has 0 aliphatic rings. The van der Waals surface area contributed by atoms with Crippen molar-refractivity contribution in [1.29, 1.82) is 0 Å². The van der Waals surface area contributed by atoms with Gasteiger partial charge in [0.25, 0.3) is 0 Å². The van der Waals surface area contributed by atoms with Crippen LogP contribution >= 0.6 is 11.3 Å². The lowest BCUT2D eigenvalue weighted by Gasteiger charge is -2.03. The smallest absolute Gasteiger partial charge is 0.205 e. The molecule has 0 unspecified atom stereocenters. The fourth-order valence-electron chi connectivity index (χ4n) is 1.30. The Morgan fingerprint density at radius 1 is 1.56 bits per heavy atom. The van der Waals surface area contributed by atoms with Crippen LogP contribution in [-0.4, -0.2) is 18.3 Å². The third kappa shape index (κ3) is 2.95. The molecule has 0 aliphatic carbocycles. The minimum absolute atomic E-state index is 0.351. The Morgan fingerprint density at radius 3 is 3.06 bits per heavy atom. The Kier molecular flexibility index (Phi) is 3.73. The number of halogens is 1. The molecule has 0 spiro atoms. The fraction of sp³-hybridized carbons (Fsp3) is 0.0909. The van der Waals surface area contributed by atoms with Crippen molar-refractivity contribution in [2.45, 2.75) is 0 Å². The summed E-state index contributed by atoms with van der Waals surface area (Å²) >= 11 is 1.33. The van der Waals surface area contributed by atoms with Crippen molar-refractivity contribution in [3.8, 4) is 5.75 Å². The normalized spacial score (nSPS) is 10.8. The monoisotopic (exact) mass is 266 g/mol. The number of ether oxygens (including phenoxy) is 1. The van der Waals surface area contributed by atoms with Crippen LogP contribution < -0.4 is 15.9 Å². The summed E-state index contributed by atoms with van der Waals surface area (Å²) in [5.41, 5.74) is 8.70. The van der Waals surface area contributed by atoms with E-state index in [0.29, 0.717) is 22.3 Å². The van der Waals surface area contributed by atoms with Crippen LogP contribution in [0.3, 0.4) is 0 Å². The highest BCUT2D eigenvalue weighted by Crippen LogP contribution is 2.18. The Balaban J connectivity index is 2.11. The molecule has 0 fully saturated rings. The molecule has 7 heteroatoms. The molecule has 18 heavy (non-hydrogen) atoms. The van der Waals surface area contributed by atoms with Gasteiger partial charge in [0.15, 0.2) is 0 Å². The van der Waals surface area contributed by atoms with Gasteiger partial charge in [-0.2, -0.15) is 5.10 Å². The molecule has 0 aliphatic heterocycles. The number of methoxy groups -OCH3 is 1. The molecule has 0 bridgehead atoms.